The molecule has 5 aliphatic rings. The number of rotatable bonds is 3. The molecule has 4 saturated heterocycles. The van der Waals surface area contributed by atoms with Crippen molar-refractivity contribution < 1.29 is 14.0 Å². The molecule has 4 heterocycles. The Balaban J connectivity index is 1.29. The molecule has 7 unspecified atom stereocenters. The third kappa shape index (κ3) is 5.55. The van der Waals surface area contributed by atoms with E-state index in [1.165, 1.54) is 19.3 Å². The summed E-state index contributed by atoms with van der Waals surface area (Å²) >= 11 is 0. The summed E-state index contributed by atoms with van der Waals surface area (Å²) in [5.41, 5.74) is 9.34. The summed E-state index contributed by atoms with van der Waals surface area (Å²) in [5, 5.41) is 12.2. The minimum atomic E-state index is -0.998. The average molecular weight is 522 g/mol. The second-order valence-electron chi connectivity index (χ2n) is 12.3. The molecular formula is C27H48FN7O2. The molecule has 7 atom stereocenters. The van der Waals surface area contributed by atoms with Gasteiger partial charge in [-0.1, -0.05) is 44.9 Å². The molecule has 4 aliphatic heterocycles. The number of nitrogens with two attached hydrogens (primary N) is 1. The highest BCUT2D eigenvalue weighted by Gasteiger charge is 2.58. The van der Waals surface area contributed by atoms with Crippen molar-refractivity contribution in [3.8, 4) is 0 Å². The summed E-state index contributed by atoms with van der Waals surface area (Å²) in [6.07, 6.45) is 10.1. The summed E-state index contributed by atoms with van der Waals surface area (Å²) in [7, 11) is 1.88. The molecule has 1 spiro atoms. The second-order valence-corrected chi connectivity index (χ2v) is 12.3. The Hall–Kier alpha value is -1.33. The largest absolute Gasteiger partial charge is 0.351 e. The molecule has 1 saturated carbocycles. The van der Waals surface area contributed by atoms with Gasteiger partial charge in [-0.3, -0.25) is 14.9 Å². The van der Waals surface area contributed by atoms with E-state index in [0.717, 1.165) is 71.0 Å². The lowest BCUT2D eigenvalue weighted by Crippen LogP contribution is -2.71. The van der Waals surface area contributed by atoms with Gasteiger partial charge in [0.2, 0.25) is 11.8 Å². The Morgan fingerprint density at radius 1 is 1.08 bits per heavy atom. The smallest absolute Gasteiger partial charge is 0.229 e. The van der Waals surface area contributed by atoms with Gasteiger partial charge in [0.05, 0.1) is 23.8 Å². The van der Waals surface area contributed by atoms with E-state index in [9.17, 15) is 9.59 Å². The van der Waals surface area contributed by atoms with Crippen LogP contribution in [-0.2, 0) is 9.59 Å². The fraction of sp³-hybridized carbons (Fsp3) is 0.926. The number of carbonyl (C=O) groups excluding carboxylic acids is 2. The normalized spacial score (nSPS) is 39.8. The highest BCUT2D eigenvalue weighted by Crippen LogP contribution is 2.41. The van der Waals surface area contributed by atoms with Crippen LogP contribution < -0.4 is 27.1 Å². The number of piperidine rings is 2. The quantitative estimate of drug-likeness (QED) is 0.379. The summed E-state index contributed by atoms with van der Waals surface area (Å²) in [4.78, 5) is 27.7. The number of amides is 2. The molecule has 5 fully saturated rings. The minimum absolute atomic E-state index is 0.00534. The van der Waals surface area contributed by atoms with Gasteiger partial charge in [-0.25, -0.2) is 14.8 Å². The van der Waals surface area contributed by atoms with Crippen molar-refractivity contribution in [2.24, 2.45) is 23.5 Å². The molecule has 1 aliphatic carbocycles. The fourth-order valence-electron chi connectivity index (χ4n) is 7.87. The Morgan fingerprint density at radius 3 is 2.49 bits per heavy atom. The van der Waals surface area contributed by atoms with Gasteiger partial charge >= 0.3 is 0 Å². The van der Waals surface area contributed by atoms with Crippen LogP contribution in [-0.4, -0.2) is 85.0 Å². The van der Waals surface area contributed by atoms with Crippen LogP contribution in [0.2, 0.25) is 0 Å². The number of likely N-dealkylation sites (tertiary alicyclic amines) is 1. The number of nitrogens with zero attached hydrogens (tertiary/aromatic N) is 2. The number of carbonyl (C=O) groups is 2. The zero-order chi connectivity index (χ0) is 26.0. The van der Waals surface area contributed by atoms with Crippen LogP contribution in [0, 0.1) is 17.8 Å². The van der Waals surface area contributed by atoms with Crippen molar-refractivity contribution in [3.63, 3.8) is 0 Å². The number of hydrogen-bond acceptors (Lipinski definition) is 7. The van der Waals surface area contributed by atoms with Crippen molar-refractivity contribution in [2.45, 2.75) is 107 Å². The monoisotopic (exact) mass is 521 g/mol. The molecule has 0 aromatic rings. The lowest BCUT2D eigenvalue weighted by atomic mass is 9.77. The maximum atomic E-state index is 15.7. The predicted octanol–water partition coefficient (Wildman–Crippen LogP) is 1.20. The molecule has 37 heavy (non-hydrogen) atoms. The van der Waals surface area contributed by atoms with Crippen LogP contribution in [0.15, 0.2) is 0 Å². The molecule has 0 aromatic carbocycles. The lowest BCUT2D eigenvalue weighted by molar-refractivity contribution is -0.135. The van der Waals surface area contributed by atoms with Gasteiger partial charge in [0.25, 0.3) is 0 Å². The average Bonchev–Trinajstić information content (AvgIpc) is 3.24. The maximum Gasteiger partial charge on any atom is 0.229 e. The number of halogens is 1. The van der Waals surface area contributed by atoms with Gasteiger partial charge in [-0.2, -0.15) is 0 Å². The molecule has 0 radical (unpaired) electrons. The van der Waals surface area contributed by atoms with E-state index in [2.05, 4.69) is 21.4 Å². The van der Waals surface area contributed by atoms with Gasteiger partial charge in [-0.05, 0) is 44.1 Å². The Bertz CT molecular complexity index is 806. The van der Waals surface area contributed by atoms with E-state index in [4.69, 9.17) is 5.73 Å². The Labute approximate surface area is 221 Å². The van der Waals surface area contributed by atoms with Crippen molar-refractivity contribution >= 4 is 11.8 Å². The Kier molecular flexibility index (Phi) is 8.70. The second kappa shape index (κ2) is 11.8. The molecule has 9 nitrogen and oxygen atoms in total. The molecule has 0 bridgehead atoms. The SMILES string of the molecule is CN1CC(C2CCNCC2NC(=O)C2C(N)NN3C2NCC(F)C32CCCCCCCCC2)CCC1=O. The van der Waals surface area contributed by atoms with E-state index < -0.39 is 23.8 Å². The molecule has 210 valence electrons. The fourth-order valence-corrected chi connectivity index (χ4v) is 7.87. The van der Waals surface area contributed by atoms with E-state index in [1.54, 1.807) is 0 Å². The molecular weight excluding hydrogens is 473 g/mol. The number of hydrazine groups is 1. The summed E-state index contributed by atoms with van der Waals surface area (Å²) < 4.78 is 15.7. The zero-order valence-corrected chi connectivity index (χ0v) is 22.5. The first-order valence-corrected chi connectivity index (χ1v) is 14.8. The van der Waals surface area contributed by atoms with Gasteiger partial charge in [-0.15, -0.1) is 0 Å². The number of hydrogen-bond donors (Lipinski definition) is 5. The van der Waals surface area contributed by atoms with Gasteiger partial charge in [0.1, 0.15) is 6.17 Å². The van der Waals surface area contributed by atoms with E-state index in [0.29, 0.717) is 18.3 Å². The van der Waals surface area contributed by atoms with Crippen molar-refractivity contribution in [3.05, 3.63) is 0 Å². The maximum absolute atomic E-state index is 15.7. The molecule has 10 heteroatoms. The number of nitrogens with one attached hydrogen (secondary N) is 4. The Morgan fingerprint density at radius 2 is 1.78 bits per heavy atom. The summed E-state index contributed by atoms with van der Waals surface area (Å²) in [5.74, 6) is 0.344. The third-order valence-electron chi connectivity index (χ3n) is 10.0. The predicted molar refractivity (Wildman–Crippen MR) is 141 cm³/mol. The van der Waals surface area contributed by atoms with E-state index >= 15 is 4.39 Å². The highest BCUT2D eigenvalue weighted by molar-refractivity contribution is 5.81. The number of fused-ring (bicyclic) bond motifs is 2. The van der Waals surface area contributed by atoms with Crippen molar-refractivity contribution in [2.75, 3.05) is 33.2 Å². The van der Waals surface area contributed by atoms with Crippen LogP contribution in [0.1, 0.15) is 77.0 Å². The number of alkyl halides is 1. The first-order chi connectivity index (χ1) is 17.9. The lowest BCUT2D eigenvalue weighted by Gasteiger charge is -2.51. The molecule has 2 amide bonds. The van der Waals surface area contributed by atoms with Crippen LogP contribution in [0.3, 0.4) is 0 Å². The van der Waals surface area contributed by atoms with E-state index in [-0.39, 0.29) is 30.6 Å². The first kappa shape index (κ1) is 27.2. The van der Waals surface area contributed by atoms with Crippen LogP contribution in [0.25, 0.3) is 0 Å². The van der Waals surface area contributed by atoms with Gasteiger partial charge < -0.3 is 21.3 Å². The standard InChI is InChI=1S/C27H48FN7O2/c1-34-17-18(9-10-22(34)36)19-11-14-30-15-20(19)32-26(37)23-24(29)33-35-25(23)31-16-21(28)27(35)12-7-5-3-2-4-6-8-13-27/h18-21,23-25,30-31,33H,2-17,29H2,1H3,(H,32,37). The molecule has 6 N–H and O–H groups in total. The van der Waals surface area contributed by atoms with Crippen LogP contribution in [0.4, 0.5) is 4.39 Å². The van der Waals surface area contributed by atoms with Gasteiger partial charge in [0, 0.05) is 39.1 Å². The van der Waals surface area contributed by atoms with E-state index in [1.807, 2.05) is 17.0 Å². The molecule has 5 rings (SSSR count). The van der Waals surface area contributed by atoms with Crippen LogP contribution >= 0.6 is 0 Å². The topological polar surface area (TPSA) is 115 Å². The summed E-state index contributed by atoms with van der Waals surface area (Å²) in [6, 6.07) is -0.00534. The summed E-state index contributed by atoms with van der Waals surface area (Å²) in [6.45, 7) is 2.65. The van der Waals surface area contributed by atoms with Crippen LogP contribution in [0.5, 0.6) is 0 Å². The third-order valence-corrected chi connectivity index (χ3v) is 10.0. The molecule has 0 aromatic heterocycles. The minimum Gasteiger partial charge on any atom is -0.351 e. The first-order valence-electron chi connectivity index (χ1n) is 14.8. The zero-order valence-electron chi connectivity index (χ0n) is 22.5. The van der Waals surface area contributed by atoms with Crippen molar-refractivity contribution in [1.82, 2.24) is 31.3 Å². The van der Waals surface area contributed by atoms with Gasteiger partial charge in [0.15, 0.2) is 0 Å². The highest BCUT2D eigenvalue weighted by atomic mass is 19.1. The van der Waals surface area contributed by atoms with Crippen molar-refractivity contribution in [1.29, 1.82) is 0 Å².